The molecule has 0 aliphatic rings. The van der Waals surface area contributed by atoms with Crippen LogP contribution in [0.2, 0.25) is 0 Å². The van der Waals surface area contributed by atoms with Gasteiger partial charge in [-0.2, -0.15) is 0 Å². The number of nitrogens with one attached hydrogen (secondary N) is 2. The summed E-state index contributed by atoms with van der Waals surface area (Å²) in [5.74, 6) is 2.00. The molecule has 1 unspecified atom stereocenters. The molecule has 0 aliphatic carbocycles. The van der Waals surface area contributed by atoms with Crippen molar-refractivity contribution in [3.63, 3.8) is 0 Å². The molecule has 0 fully saturated rings. The smallest absolute Gasteiger partial charge is 0.216 e. The summed E-state index contributed by atoms with van der Waals surface area (Å²) in [6.07, 6.45) is 0. The summed E-state index contributed by atoms with van der Waals surface area (Å²) >= 11 is 0. The van der Waals surface area contributed by atoms with Crippen molar-refractivity contribution in [1.29, 1.82) is 0 Å². The zero-order valence-electron chi connectivity index (χ0n) is 15.2. The molecule has 138 valence electrons. The van der Waals surface area contributed by atoms with Gasteiger partial charge in [-0.1, -0.05) is 30.3 Å². The molecular formula is C18H27IN4O2. The van der Waals surface area contributed by atoms with E-state index in [-0.39, 0.29) is 24.0 Å². The van der Waals surface area contributed by atoms with Crippen molar-refractivity contribution in [2.24, 2.45) is 4.99 Å². The minimum absolute atomic E-state index is 0. The van der Waals surface area contributed by atoms with Crippen LogP contribution in [0.15, 0.2) is 39.7 Å². The van der Waals surface area contributed by atoms with Gasteiger partial charge < -0.3 is 20.2 Å². The molecule has 0 amide bonds. The standard InChI is InChI=1S/C18H26N4O2.HI/c1-5-19-17(20-11-16-22-13(2)14(3)24-16)21-12-18(4,23)15-9-7-6-8-10-15;/h6-10,23H,5,11-12H2,1-4H3,(H2,19,20,21);1H. The van der Waals surface area contributed by atoms with E-state index in [1.165, 1.54) is 0 Å². The quantitative estimate of drug-likeness (QED) is 0.353. The summed E-state index contributed by atoms with van der Waals surface area (Å²) in [5, 5.41) is 17.0. The van der Waals surface area contributed by atoms with E-state index in [1.54, 1.807) is 6.92 Å². The highest BCUT2D eigenvalue weighted by atomic mass is 127. The molecule has 0 saturated carbocycles. The molecule has 6 nitrogen and oxygen atoms in total. The van der Waals surface area contributed by atoms with Crippen LogP contribution in [0.3, 0.4) is 0 Å². The highest BCUT2D eigenvalue weighted by Gasteiger charge is 2.23. The van der Waals surface area contributed by atoms with E-state index in [9.17, 15) is 5.11 Å². The minimum atomic E-state index is -0.993. The van der Waals surface area contributed by atoms with Crippen LogP contribution in [0.4, 0.5) is 0 Å². The maximum absolute atomic E-state index is 10.7. The summed E-state index contributed by atoms with van der Waals surface area (Å²) in [6.45, 7) is 8.97. The zero-order valence-corrected chi connectivity index (χ0v) is 17.5. The number of aliphatic hydroxyl groups is 1. The van der Waals surface area contributed by atoms with E-state index >= 15 is 0 Å². The molecule has 7 heteroatoms. The molecule has 0 bridgehead atoms. The van der Waals surface area contributed by atoms with Gasteiger partial charge in [0.25, 0.3) is 0 Å². The molecule has 0 saturated heterocycles. The average Bonchev–Trinajstić information content (AvgIpc) is 2.89. The maximum atomic E-state index is 10.7. The molecule has 1 aromatic heterocycles. The molecule has 3 N–H and O–H groups in total. The van der Waals surface area contributed by atoms with E-state index in [0.717, 1.165) is 23.6 Å². The maximum Gasteiger partial charge on any atom is 0.216 e. The lowest BCUT2D eigenvalue weighted by atomic mass is 9.96. The number of nitrogens with zero attached hydrogens (tertiary/aromatic N) is 2. The van der Waals surface area contributed by atoms with Crippen LogP contribution < -0.4 is 10.6 Å². The Balaban J connectivity index is 0.00000312. The van der Waals surface area contributed by atoms with Gasteiger partial charge in [-0.3, -0.25) is 0 Å². The summed E-state index contributed by atoms with van der Waals surface area (Å²) in [5.41, 5.74) is 0.741. The third kappa shape index (κ3) is 6.32. The number of rotatable bonds is 6. The van der Waals surface area contributed by atoms with Gasteiger partial charge in [0.15, 0.2) is 5.96 Å². The molecule has 2 rings (SSSR count). The van der Waals surface area contributed by atoms with Gasteiger partial charge >= 0.3 is 0 Å². The van der Waals surface area contributed by atoms with Crippen LogP contribution in [0.25, 0.3) is 0 Å². The van der Waals surface area contributed by atoms with Crippen molar-refractivity contribution < 1.29 is 9.52 Å². The van der Waals surface area contributed by atoms with E-state index in [0.29, 0.717) is 24.9 Å². The van der Waals surface area contributed by atoms with Crippen LogP contribution >= 0.6 is 24.0 Å². The number of aliphatic imine (C=N–C) groups is 1. The van der Waals surface area contributed by atoms with E-state index in [2.05, 4.69) is 20.6 Å². The first kappa shape index (κ1) is 21.4. The Labute approximate surface area is 166 Å². The molecule has 1 heterocycles. The number of hydrogen-bond acceptors (Lipinski definition) is 4. The van der Waals surface area contributed by atoms with Crippen molar-refractivity contribution in [2.75, 3.05) is 13.1 Å². The van der Waals surface area contributed by atoms with Gasteiger partial charge in [-0.25, -0.2) is 9.98 Å². The van der Waals surface area contributed by atoms with Crippen LogP contribution in [-0.4, -0.2) is 29.1 Å². The monoisotopic (exact) mass is 458 g/mol. The van der Waals surface area contributed by atoms with Gasteiger partial charge in [0.2, 0.25) is 5.89 Å². The van der Waals surface area contributed by atoms with Crippen LogP contribution in [-0.2, 0) is 12.1 Å². The second-order valence-corrected chi connectivity index (χ2v) is 5.94. The minimum Gasteiger partial charge on any atom is -0.444 e. The lowest BCUT2D eigenvalue weighted by molar-refractivity contribution is 0.0617. The van der Waals surface area contributed by atoms with Gasteiger partial charge in [-0.15, -0.1) is 24.0 Å². The predicted molar refractivity (Wildman–Crippen MR) is 110 cm³/mol. The summed E-state index contributed by atoms with van der Waals surface area (Å²) in [7, 11) is 0. The van der Waals surface area contributed by atoms with E-state index in [1.807, 2.05) is 51.1 Å². The second kappa shape index (κ2) is 9.76. The lowest BCUT2D eigenvalue weighted by Crippen LogP contribution is -2.44. The Morgan fingerprint density at radius 2 is 1.92 bits per heavy atom. The topological polar surface area (TPSA) is 82.7 Å². The SMILES string of the molecule is CCNC(=NCc1nc(C)c(C)o1)NCC(C)(O)c1ccccc1.I. The number of halogens is 1. The summed E-state index contributed by atoms with van der Waals surface area (Å²) in [6, 6.07) is 9.57. The Morgan fingerprint density at radius 3 is 2.48 bits per heavy atom. The van der Waals surface area contributed by atoms with Crippen molar-refractivity contribution in [1.82, 2.24) is 15.6 Å². The Kier molecular flexibility index (Phi) is 8.37. The van der Waals surface area contributed by atoms with Crippen molar-refractivity contribution in [3.05, 3.63) is 53.2 Å². The van der Waals surface area contributed by atoms with Crippen molar-refractivity contribution in [2.45, 2.75) is 39.8 Å². The second-order valence-electron chi connectivity index (χ2n) is 5.94. The van der Waals surface area contributed by atoms with Gasteiger partial charge in [0.05, 0.1) is 12.2 Å². The lowest BCUT2D eigenvalue weighted by Gasteiger charge is -2.25. The Morgan fingerprint density at radius 1 is 1.24 bits per heavy atom. The fourth-order valence-corrected chi connectivity index (χ4v) is 2.25. The molecule has 25 heavy (non-hydrogen) atoms. The Bertz CT molecular complexity index is 664. The number of aromatic nitrogens is 1. The number of benzene rings is 1. The van der Waals surface area contributed by atoms with E-state index in [4.69, 9.17) is 4.42 Å². The van der Waals surface area contributed by atoms with E-state index < -0.39 is 5.60 Å². The molecule has 1 aromatic carbocycles. The van der Waals surface area contributed by atoms with Gasteiger partial charge in [-0.05, 0) is 33.3 Å². The third-order valence-corrected chi connectivity index (χ3v) is 3.79. The average molecular weight is 458 g/mol. The highest BCUT2D eigenvalue weighted by molar-refractivity contribution is 14.0. The fraction of sp³-hybridized carbons (Fsp3) is 0.444. The molecule has 0 spiro atoms. The molecule has 1 atom stereocenters. The summed E-state index contributed by atoms with van der Waals surface area (Å²) in [4.78, 5) is 8.78. The predicted octanol–water partition coefficient (Wildman–Crippen LogP) is 2.87. The van der Waals surface area contributed by atoms with Crippen LogP contribution in [0, 0.1) is 13.8 Å². The first-order valence-corrected chi connectivity index (χ1v) is 8.15. The van der Waals surface area contributed by atoms with Crippen molar-refractivity contribution in [3.8, 4) is 0 Å². The molecule has 2 aromatic rings. The number of hydrogen-bond donors (Lipinski definition) is 3. The van der Waals surface area contributed by atoms with Gasteiger partial charge in [0, 0.05) is 6.54 Å². The van der Waals surface area contributed by atoms with Crippen molar-refractivity contribution >= 4 is 29.9 Å². The number of oxazole rings is 1. The number of guanidine groups is 1. The molecule has 0 radical (unpaired) electrons. The highest BCUT2D eigenvalue weighted by Crippen LogP contribution is 2.18. The zero-order chi connectivity index (χ0) is 17.6. The fourth-order valence-electron chi connectivity index (χ4n) is 2.25. The molecule has 0 aliphatic heterocycles. The van der Waals surface area contributed by atoms with Crippen LogP contribution in [0.1, 0.15) is 36.8 Å². The largest absolute Gasteiger partial charge is 0.444 e. The van der Waals surface area contributed by atoms with Gasteiger partial charge in [0.1, 0.15) is 17.9 Å². The number of aryl methyl sites for hydroxylation is 2. The normalized spacial score (nSPS) is 13.7. The Hall–Kier alpha value is -1.61. The third-order valence-electron chi connectivity index (χ3n) is 3.79. The first-order valence-electron chi connectivity index (χ1n) is 8.15. The van der Waals surface area contributed by atoms with Crippen LogP contribution in [0.5, 0.6) is 0 Å². The molecular weight excluding hydrogens is 431 g/mol. The summed E-state index contributed by atoms with van der Waals surface area (Å²) < 4.78 is 5.53. The first-order chi connectivity index (χ1) is 11.4.